The number of nitrogens with one attached hydrogen (secondary N) is 1. The van der Waals surface area contributed by atoms with Crippen LogP contribution in [0.4, 0.5) is 11.8 Å². The smallest absolute Gasteiger partial charge is 0.227 e. The van der Waals surface area contributed by atoms with Crippen molar-refractivity contribution in [1.82, 2.24) is 9.97 Å². The number of ether oxygens (including phenoxy) is 2. The van der Waals surface area contributed by atoms with Crippen molar-refractivity contribution in [1.29, 1.82) is 0 Å². The molecule has 0 aliphatic carbocycles. The van der Waals surface area contributed by atoms with E-state index in [1.807, 2.05) is 39.0 Å². The number of nitrogens with zero attached hydrogens (tertiary/aromatic N) is 3. The molecule has 2 aromatic heterocycles. The van der Waals surface area contributed by atoms with Crippen molar-refractivity contribution < 1.29 is 13.9 Å². The Labute approximate surface area is 177 Å². The number of anilines is 2. The highest BCUT2D eigenvalue weighted by molar-refractivity contribution is 5.52. The lowest BCUT2D eigenvalue weighted by Gasteiger charge is -2.30. The highest BCUT2D eigenvalue weighted by atomic mass is 16.5. The number of rotatable bonds is 8. The summed E-state index contributed by atoms with van der Waals surface area (Å²) < 4.78 is 17.0. The molecular weight excluding hydrogens is 380 g/mol. The zero-order chi connectivity index (χ0) is 20.9. The summed E-state index contributed by atoms with van der Waals surface area (Å²) in [5.41, 5.74) is 3.44. The van der Waals surface area contributed by atoms with E-state index >= 15 is 0 Å². The second-order valence-corrected chi connectivity index (χ2v) is 7.23. The van der Waals surface area contributed by atoms with Crippen LogP contribution in [0.15, 0.2) is 41.0 Å². The Morgan fingerprint density at radius 2 is 1.83 bits per heavy atom. The second kappa shape index (κ2) is 9.07. The summed E-state index contributed by atoms with van der Waals surface area (Å²) in [6.45, 7) is 9.37. The number of aryl methyl sites for hydroxylation is 1. The Hall–Kier alpha value is -3.22. The van der Waals surface area contributed by atoms with Gasteiger partial charge in [0.05, 0.1) is 26.0 Å². The number of benzene rings is 1. The molecule has 30 heavy (non-hydrogen) atoms. The third kappa shape index (κ3) is 4.50. The second-order valence-electron chi connectivity index (χ2n) is 7.23. The molecule has 158 valence electrons. The fourth-order valence-corrected chi connectivity index (χ4v) is 3.65. The number of furan rings is 1. The highest BCUT2D eigenvalue weighted by Gasteiger charge is 2.22. The van der Waals surface area contributed by atoms with Gasteiger partial charge in [-0.3, -0.25) is 0 Å². The van der Waals surface area contributed by atoms with Gasteiger partial charge in [0.1, 0.15) is 11.6 Å². The van der Waals surface area contributed by atoms with Crippen LogP contribution in [-0.4, -0.2) is 29.7 Å². The van der Waals surface area contributed by atoms with Crippen molar-refractivity contribution in [3.8, 4) is 11.5 Å². The lowest BCUT2D eigenvalue weighted by molar-refractivity contribution is 0.287. The predicted octanol–water partition coefficient (Wildman–Crippen LogP) is 4.35. The van der Waals surface area contributed by atoms with Crippen molar-refractivity contribution in [2.24, 2.45) is 0 Å². The van der Waals surface area contributed by atoms with Crippen molar-refractivity contribution in [3.05, 3.63) is 59.2 Å². The van der Waals surface area contributed by atoms with Crippen LogP contribution in [0.5, 0.6) is 11.5 Å². The standard InChI is InChI=1S/C23H28N4O3/c1-4-28-20-12-17-8-9-27(15-18(17)13-21(20)29-5-2)23-25-16(3)11-22(26-23)24-14-19-7-6-10-30-19/h6-7,10-13H,4-5,8-9,14-15H2,1-3H3,(H,24,25,26). The van der Waals surface area contributed by atoms with Gasteiger partial charge in [0.15, 0.2) is 11.5 Å². The minimum absolute atomic E-state index is 0.587. The van der Waals surface area contributed by atoms with Gasteiger partial charge in [-0.25, -0.2) is 4.98 Å². The summed E-state index contributed by atoms with van der Waals surface area (Å²) in [7, 11) is 0. The Morgan fingerprint density at radius 1 is 1.07 bits per heavy atom. The van der Waals surface area contributed by atoms with Gasteiger partial charge >= 0.3 is 0 Å². The minimum Gasteiger partial charge on any atom is -0.490 e. The maximum Gasteiger partial charge on any atom is 0.227 e. The Bertz CT molecular complexity index is 988. The van der Waals surface area contributed by atoms with E-state index in [0.29, 0.717) is 19.8 Å². The molecule has 7 nitrogen and oxygen atoms in total. The summed E-state index contributed by atoms with van der Waals surface area (Å²) >= 11 is 0. The highest BCUT2D eigenvalue weighted by Crippen LogP contribution is 2.34. The van der Waals surface area contributed by atoms with E-state index in [1.165, 1.54) is 11.1 Å². The molecule has 0 unspecified atom stereocenters. The monoisotopic (exact) mass is 408 g/mol. The lowest BCUT2D eigenvalue weighted by Crippen LogP contribution is -2.32. The fourth-order valence-electron chi connectivity index (χ4n) is 3.65. The Morgan fingerprint density at radius 3 is 2.53 bits per heavy atom. The third-order valence-electron chi connectivity index (χ3n) is 5.03. The van der Waals surface area contributed by atoms with Gasteiger partial charge in [0.2, 0.25) is 5.95 Å². The fraction of sp³-hybridized carbons (Fsp3) is 0.391. The first kappa shape index (κ1) is 20.1. The average Bonchev–Trinajstić information content (AvgIpc) is 3.26. The van der Waals surface area contributed by atoms with Crippen LogP contribution in [0, 0.1) is 6.92 Å². The normalized spacial score (nSPS) is 13.1. The van der Waals surface area contributed by atoms with E-state index in [1.54, 1.807) is 6.26 Å². The van der Waals surface area contributed by atoms with Crippen LogP contribution in [0.1, 0.15) is 36.4 Å². The molecule has 0 spiro atoms. The minimum atomic E-state index is 0.587. The first-order valence-electron chi connectivity index (χ1n) is 10.4. The molecule has 3 aromatic rings. The van der Waals surface area contributed by atoms with Gasteiger partial charge in [0, 0.05) is 24.8 Å². The summed E-state index contributed by atoms with van der Waals surface area (Å²) in [6, 6.07) is 9.99. The molecule has 0 saturated carbocycles. The van der Waals surface area contributed by atoms with E-state index in [4.69, 9.17) is 18.9 Å². The molecule has 0 saturated heterocycles. The zero-order valence-electron chi connectivity index (χ0n) is 17.8. The van der Waals surface area contributed by atoms with Gasteiger partial charge in [-0.1, -0.05) is 0 Å². The molecule has 1 aliphatic heterocycles. The van der Waals surface area contributed by atoms with Crippen molar-refractivity contribution in [2.75, 3.05) is 30.0 Å². The van der Waals surface area contributed by atoms with E-state index in [9.17, 15) is 0 Å². The van der Waals surface area contributed by atoms with E-state index < -0.39 is 0 Å². The van der Waals surface area contributed by atoms with Crippen LogP contribution in [0.3, 0.4) is 0 Å². The number of hydrogen-bond acceptors (Lipinski definition) is 7. The average molecular weight is 409 g/mol. The van der Waals surface area contributed by atoms with Crippen LogP contribution in [0.25, 0.3) is 0 Å². The maximum absolute atomic E-state index is 5.81. The predicted molar refractivity (Wildman–Crippen MR) is 116 cm³/mol. The summed E-state index contributed by atoms with van der Waals surface area (Å²) in [5.74, 6) is 4.01. The van der Waals surface area contributed by atoms with Crippen LogP contribution in [-0.2, 0) is 19.5 Å². The molecule has 4 rings (SSSR count). The summed E-state index contributed by atoms with van der Waals surface area (Å²) in [5, 5.41) is 3.33. The molecule has 7 heteroatoms. The zero-order valence-corrected chi connectivity index (χ0v) is 17.8. The van der Waals surface area contributed by atoms with E-state index in [2.05, 4.69) is 27.3 Å². The third-order valence-corrected chi connectivity index (χ3v) is 5.03. The maximum atomic E-state index is 5.81. The molecule has 1 N–H and O–H groups in total. The quantitative estimate of drug-likeness (QED) is 0.594. The Kier molecular flexibility index (Phi) is 6.07. The van der Waals surface area contributed by atoms with Crippen molar-refractivity contribution in [3.63, 3.8) is 0 Å². The largest absolute Gasteiger partial charge is 0.490 e. The van der Waals surface area contributed by atoms with E-state index in [-0.39, 0.29) is 0 Å². The molecule has 0 radical (unpaired) electrons. The van der Waals surface area contributed by atoms with Gasteiger partial charge < -0.3 is 24.1 Å². The topological polar surface area (TPSA) is 72.7 Å². The first-order chi connectivity index (χ1) is 14.7. The number of aromatic nitrogens is 2. The number of fused-ring (bicyclic) bond motifs is 1. The van der Waals surface area contributed by atoms with Gasteiger partial charge in [-0.15, -0.1) is 0 Å². The van der Waals surface area contributed by atoms with E-state index in [0.717, 1.165) is 54.2 Å². The van der Waals surface area contributed by atoms with Crippen LogP contribution >= 0.6 is 0 Å². The number of hydrogen-bond donors (Lipinski definition) is 1. The molecule has 1 aliphatic rings. The Balaban J connectivity index is 1.54. The van der Waals surface area contributed by atoms with Crippen molar-refractivity contribution >= 4 is 11.8 Å². The van der Waals surface area contributed by atoms with Crippen molar-refractivity contribution in [2.45, 2.75) is 40.3 Å². The van der Waals surface area contributed by atoms with Gasteiger partial charge in [0.25, 0.3) is 0 Å². The molecular formula is C23H28N4O3. The van der Waals surface area contributed by atoms with Crippen LogP contribution < -0.4 is 19.7 Å². The SMILES string of the molecule is CCOc1cc2c(cc1OCC)CN(c1nc(C)cc(NCc3ccco3)n1)CC2. The molecule has 0 amide bonds. The summed E-state index contributed by atoms with van der Waals surface area (Å²) in [6.07, 6.45) is 2.58. The van der Waals surface area contributed by atoms with Gasteiger partial charge in [-0.2, -0.15) is 4.98 Å². The molecule has 0 atom stereocenters. The lowest BCUT2D eigenvalue weighted by atomic mass is 9.99. The molecule has 1 aromatic carbocycles. The molecule has 3 heterocycles. The van der Waals surface area contributed by atoms with Gasteiger partial charge in [-0.05, 0) is 62.6 Å². The first-order valence-corrected chi connectivity index (χ1v) is 10.4. The summed E-state index contributed by atoms with van der Waals surface area (Å²) in [4.78, 5) is 11.6. The van der Waals surface area contributed by atoms with Crippen LogP contribution in [0.2, 0.25) is 0 Å². The molecule has 0 bridgehead atoms. The molecule has 0 fully saturated rings.